The van der Waals surface area contributed by atoms with E-state index >= 15 is 0 Å². The average Bonchev–Trinajstić information content (AvgIpc) is 2.64. The highest BCUT2D eigenvalue weighted by Gasteiger charge is 2.32. The highest BCUT2D eigenvalue weighted by Crippen LogP contribution is 2.37. The van der Waals surface area contributed by atoms with E-state index in [1.807, 2.05) is 0 Å². The number of nitrogens with zero attached hydrogens (tertiary/aromatic N) is 2. The van der Waals surface area contributed by atoms with Crippen LogP contribution >= 0.6 is 11.6 Å². The largest absolute Gasteiger partial charge is 0.437 e. The van der Waals surface area contributed by atoms with Crippen molar-refractivity contribution < 1.29 is 40.2 Å². The Morgan fingerprint density at radius 3 is 1.77 bits per heavy atom. The zero-order valence-corrected chi connectivity index (χ0v) is 15.1. The molecule has 158 valence electrons. The molecule has 1 heterocycles. The predicted molar refractivity (Wildman–Crippen MR) is 90.0 cm³/mol. The van der Waals surface area contributed by atoms with Crippen LogP contribution in [-0.4, -0.2) is 9.97 Å². The lowest BCUT2D eigenvalue weighted by molar-refractivity contribution is -0.138. The number of hydrogen-bond donors (Lipinski definition) is 0. The molecule has 0 aliphatic carbocycles. The minimum absolute atomic E-state index is 0.159. The number of alkyl halides is 6. The van der Waals surface area contributed by atoms with Crippen LogP contribution in [0.2, 0.25) is 5.02 Å². The first-order chi connectivity index (χ1) is 13.9. The SMILES string of the molecule is Fc1ccc(C(F)(F)F)cc1Oc1cc(Oc2cc(C(F)(F)F)ccc2Cl)ncn1. The average molecular weight is 453 g/mol. The predicted octanol–water partition coefficient (Wildman–Crippen LogP) is 6.89. The number of hydrogen-bond acceptors (Lipinski definition) is 4. The molecular weight excluding hydrogens is 445 g/mol. The normalized spacial score (nSPS) is 12.0. The van der Waals surface area contributed by atoms with E-state index in [1.54, 1.807) is 0 Å². The Labute approximate surface area is 168 Å². The Hall–Kier alpha value is -3.08. The van der Waals surface area contributed by atoms with Crippen molar-refractivity contribution in [3.8, 4) is 23.3 Å². The quantitative estimate of drug-likeness (QED) is 0.404. The molecule has 0 fully saturated rings. The van der Waals surface area contributed by atoms with Gasteiger partial charge in [-0.3, -0.25) is 0 Å². The van der Waals surface area contributed by atoms with Crippen molar-refractivity contribution in [3.63, 3.8) is 0 Å². The zero-order valence-electron chi connectivity index (χ0n) is 14.4. The molecule has 0 amide bonds. The van der Waals surface area contributed by atoms with Crippen LogP contribution in [-0.2, 0) is 12.4 Å². The van der Waals surface area contributed by atoms with Crippen LogP contribution in [0.3, 0.4) is 0 Å². The van der Waals surface area contributed by atoms with Crippen LogP contribution in [0.5, 0.6) is 23.3 Å². The molecular formula is C18H8ClF7N2O2. The lowest BCUT2D eigenvalue weighted by atomic mass is 10.2. The summed E-state index contributed by atoms with van der Waals surface area (Å²) in [5.74, 6) is -3.01. The second-order valence-corrected chi connectivity index (χ2v) is 6.09. The second kappa shape index (κ2) is 7.98. The minimum atomic E-state index is -4.73. The van der Waals surface area contributed by atoms with E-state index in [1.165, 1.54) is 0 Å². The number of benzene rings is 2. The summed E-state index contributed by atoms with van der Waals surface area (Å²) < 4.78 is 101. The summed E-state index contributed by atoms with van der Waals surface area (Å²) in [5.41, 5.74) is -2.18. The molecule has 0 spiro atoms. The van der Waals surface area contributed by atoms with Gasteiger partial charge in [-0.2, -0.15) is 26.3 Å². The van der Waals surface area contributed by atoms with Crippen LogP contribution in [0, 0.1) is 5.82 Å². The monoisotopic (exact) mass is 452 g/mol. The van der Waals surface area contributed by atoms with Gasteiger partial charge in [-0.25, -0.2) is 14.4 Å². The molecule has 0 unspecified atom stereocenters. The van der Waals surface area contributed by atoms with Crippen molar-refractivity contribution in [2.45, 2.75) is 12.4 Å². The summed E-state index contributed by atoms with van der Waals surface area (Å²) in [6.07, 6.45) is -8.52. The fourth-order valence-corrected chi connectivity index (χ4v) is 2.33. The van der Waals surface area contributed by atoms with E-state index in [-0.39, 0.29) is 16.7 Å². The molecule has 0 aliphatic rings. The summed E-state index contributed by atoms with van der Waals surface area (Å²) in [5, 5.41) is -0.159. The molecule has 1 aromatic heterocycles. The van der Waals surface area contributed by atoms with Crippen LogP contribution in [0.15, 0.2) is 48.8 Å². The Kier molecular flexibility index (Phi) is 5.75. The maximum absolute atomic E-state index is 13.8. The third-order valence-corrected chi connectivity index (χ3v) is 3.88. The van der Waals surface area contributed by atoms with Crippen molar-refractivity contribution in [2.75, 3.05) is 0 Å². The van der Waals surface area contributed by atoms with E-state index < -0.39 is 40.9 Å². The maximum atomic E-state index is 13.8. The lowest BCUT2D eigenvalue weighted by Crippen LogP contribution is -2.05. The molecule has 12 heteroatoms. The molecule has 0 radical (unpaired) electrons. The van der Waals surface area contributed by atoms with Gasteiger partial charge in [0, 0.05) is 0 Å². The maximum Gasteiger partial charge on any atom is 0.416 e. The van der Waals surface area contributed by atoms with E-state index in [0.717, 1.165) is 24.5 Å². The van der Waals surface area contributed by atoms with Crippen molar-refractivity contribution in [3.05, 3.63) is 70.8 Å². The van der Waals surface area contributed by atoms with Gasteiger partial charge in [0.1, 0.15) is 12.1 Å². The van der Waals surface area contributed by atoms with Gasteiger partial charge in [0.2, 0.25) is 11.8 Å². The van der Waals surface area contributed by atoms with Crippen molar-refractivity contribution in [1.82, 2.24) is 9.97 Å². The minimum Gasteiger partial charge on any atom is -0.437 e. The summed E-state index contributed by atoms with van der Waals surface area (Å²) in [7, 11) is 0. The van der Waals surface area contributed by atoms with Gasteiger partial charge in [-0.15, -0.1) is 0 Å². The van der Waals surface area contributed by atoms with Crippen molar-refractivity contribution in [1.29, 1.82) is 0 Å². The van der Waals surface area contributed by atoms with Gasteiger partial charge in [-0.1, -0.05) is 11.6 Å². The van der Waals surface area contributed by atoms with E-state index in [9.17, 15) is 30.7 Å². The van der Waals surface area contributed by atoms with Crippen LogP contribution in [0.25, 0.3) is 0 Å². The summed E-state index contributed by atoms with van der Waals surface area (Å²) in [6.45, 7) is 0. The molecule has 0 bridgehead atoms. The van der Waals surface area contributed by atoms with Gasteiger partial charge in [0.05, 0.1) is 22.2 Å². The number of rotatable bonds is 4. The molecule has 3 rings (SSSR count). The van der Waals surface area contributed by atoms with Crippen LogP contribution < -0.4 is 9.47 Å². The molecule has 0 N–H and O–H groups in total. The highest BCUT2D eigenvalue weighted by atomic mass is 35.5. The molecule has 0 atom stereocenters. The van der Waals surface area contributed by atoms with Crippen LogP contribution in [0.4, 0.5) is 30.7 Å². The van der Waals surface area contributed by atoms with E-state index in [4.69, 9.17) is 21.1 Å². The van der Waals surface area contributed by atoms with Gasteiger partial charge >= 0.3 is 12.4 Å². The highest BCUT2D eigenvalue weighted by molar-refractivity contribution is 6.32. The summed E-state index contributed by atoms with van der Waals surface area (Å²) in [6, 6.07) is 4.83. The van der Waals surface area contributed by atoms with Gasteiger partial charge in [0.15, 0.2) is 11.6 Å². The standard InChI is InChI=1S/C18H8ClF7N2O2/c19-11-3-1-9(17(21,22)23)5-13(11)29-15-7-16(28-8-27-15)30-14-6-10(18(24,25)26)2-4-12(14)20/h1-8H. The first kappa shape index (κ1) is 21.6. The zero-order chi connectivity index (χ0) is 22.1. The Morgan fingerprint density at radius 2 is 1.20 bits per heavy atom. The van der Waals surface area contributed by atoms with E-state index in [0.29, 0.717) is 24.3 Å². The Bertz CT molecular complexity index is 990. The third-order valence-electron chi connectivity index (χ3n) is 3.56. The van der Waals surface area contributed by atoms with Gasteiger partial charge in [-0.05, 0) is 36.4 Å². The first-order valence-corrected chi connectivity index (χ1v) is 8.22. The topological polar surface area (TPSA) is 44.2 Å². The lowest BCUT2D eigenvalue weighted by Gasteiger charge is -2.12. The second-order valence-electron chi connectivity index (χ2n) is 5.68. The Balaban J connectivity index is 1.86. The Morgan fingerprint density at radius 1 is 0.700 bits per heavy atom. The number of aromatic nitrogens is 2. The number of ether oxygens (including phenoxy) is 2. The fourth-order valence-electron chi connectivity index (χ4n) is 2.18. The first-order valence-electron chi connectivity index (χ1n) is 7.85. The molecule has 4 nitrogen and oxygen atoms in total. The molecule has 3 aromatic rings. The smallest absolute Gasteiger partial charge is 0.416 e. The number of halogens is 8. The van der Waals surface area contributed by atoms with Crippen molar-refractivity contribution in [2.24, 2.45) is 0 Å². The molecule has 0 saturated carbocycles. The van der Waals surface area contributed by atoms with Crippen molar-refractivity contribution >= 4 is 11.6 Å². The third kappa shape index (κ3) is 5.09. The van der Waals surface area contributed by atoms with Gasteiger partial charge < -0.3 is 9.47 Å². The van der Waals surface area contributed by atoms with Gasteiger partial charge in [0.25, 0.3) is 0 Å². The molecule has 0 aliphatic heterocycles. The summed E-state index contributed by atoms with van der Waals surface area (Å²) >= 11 is 5.82. The van der Waals surface area contributed by atoms with E-state index in [2.05, 4.69) is 9.97 Å². The molecule has 30 heavy (non-hydrogen) atoms. The fraction of sp³-hybridized carbons (Fsp3) is 0.111. The van der Waals surface area contributed by atoms with Crippen LogP contribution in [0.1, 0.15) is 11.1 Å². The molecule has 0 saturated heterocycles. The summed E-state index contributed by atoms with van der Waals surface area (Å²) in [4.78, 5) is 7.28. The molecule has 2 aromatic carbocycles.